The third-order valence-corrected chi connectivity index (χ3v) is 4.62. The standard InChI is InChI=1S/C16H26OS/c1-5-13(7-8-14(17)6-2)16-10-9-15(18-16)11-12(3)4/h9-10,12-13H,5-8,11H2,1-4H3. The monoisotopic (exact) mass is 266 g/mol. The summed E-state index contributed by atoms with van der Waals surface area (Å²) in [5.74, 6) is 1.69. The summed E-state index contributed by atoms with van der Waals surface area (Å²) in [6.45, 7) is 8.70. The van der Waals surface area contributed by atoms with E-state index in [0.29, 0.717) is 18.1 Å². The maximum absolute atomic E-state index is 11.4. The van der Waals surface area contributed by atoms with Crippen molar-refractivity contribution < 1.29 is 4.79 Å². The number of carbonyl (C=O) groups excluding carboxylic acids is 1. The van der Waals surface area contributed by atoms with Crippen molar-refractivity contribution in [3.63, 3.8) is 0 Å². The topological polar surface area (TPSA) is 17.1 Å². The lowest BCUT2D eigenvalue weighted by molar-refractivity contribution is -0.118. The van der Waals surface area contributed by atoms with E-state index in [9.17, 15) is 4.79 Å². The van der Waals surface area contributed by atoms with Crippen molar-refractivity contribution in [3.8, 4) is 0 Å². The maximum atomic E-state index is 11.4. The molecule has 0 saturated carbocycles. The molecule has 0 aliphatic carbocycles. The fourth-order valence-corrected chi connectivity index (χ4v) is 3.63. The molecular weight excluding hydrogens is 240 g/mol. The van der Waals surface area contributed by atoms with Crippen LogP contribution in [0.4, 0.5) is 0 Å². The van der Waals surface area contributed by atoms with E-state index in [4.69, 9.17) is 0 Å². The Kier molecular flexibility index (Phi) is 6.62. The maximum Gasteiger partial charge on any atom is 0.132 e. The number of hydrogen-bond acceptors (Lipinski definition) is 2. The predicted octanol–water partition coefficient (Wildman–Crippen LogP) is 5.20. The molecule has 1 aromatic rings. The van der Waals surface area contributed by atoms with Crippen LogP contribution in [-0.4, -0.2) is 5.78 Å². The highest BCUT2D eigenvalue weighted by Gasteiger charge is 2.14. The van der Waals surface area contributed by atoms with Crippen LogP contribution in [-0.2, 0) is 11.2 Å². The zero-order valence-corrected chi connectivity index (χ0v) is 13.0. The molecule has 1 atom stereocenters. The van der Waals surface area contributed by atoms with Crippen LogP contribution in [0, 0.1) is 5.92 Å². The summed E-state index contributed by atoms with van der Waals surface area (Å²) < 4.78 is 0. The van der Waals surface area contributed by atoms with Gasteiger partial charge in [-0.2, -0.15) is 0 Å². The molecule has 1 heterocycles. The summed E-state index contributed by atoms with van der Waals surface area (Å²) in [6, 6.07) is 4.54. The average molecular weight is 266 g/mol. The highest BCUT2D eigenvalue weighted by atomic mass is 32.1. The van der Waals surface area contributed by atoms with Crippen molar-refractivity contribution in [2.24, 2.45) is 5.92 Å². The molecule has 0 aromatic carbocycles. The first-order valence-corrected chi connectivity index (χ1v) is 7.98. The Hall–Kier alpha value is -0.630. The van der Waals surface area contributed by atoms with E-state index < -0.39 is 0 Å². The summed E-state index contributed by atoms with van der Waals surface area (Å²) in [6.07, 6.45) is 4.75. The van der Waals surface area contributed by atoms with Crippen molar-refractivity contribution in [1.82, 2.24) is 0 Å². The molecule has 1 aromatic heterocycles. The van der Waals surface area contributed by atoms with Crippen LogP contribution in [0.1, 0.15) is 69.1 Å². The normalized spacial score (nSPS) is 12.9. The third-order valence-electron chi connectivity index (χ3n) is 3.35. The van der Waals surface area contributed by atoms with Crippen molar-refractivity contribution in [2.75, 3.05) is 0 Å². The van der Waals surface area contributed by atoms with Crippen LogP contribution in [0.3, 0.4) is 0 Å². The smallest absolute Gasteiger partial charge is 0.132 e. The number of thiophene rings is 1. The first-order valence-electron chi connectivity index (χ1n) is 7.17. The first-order chi connectivity index (χ1) is 8.56. The van der Waals surface area contributed by atoms with Gasteiger partial charge in [0.05, 0.1) is 0 Å². The third kappa shape index (κ3) is 4.93. The van der Waals surface area contributed by atoms with Gasteiger partial charge in [0.15, 0.2) is 0 Å². The highest BCUT2D eigenvalue weighted by molar-refractivity contribution is 7.12. The summed E-state index contributed by atoms with van der Waals surface area (Å²) in [7, 11) is 0. The lowest BCUT2D eigenvalue weighted by atomic mass is 9.96. The van der Waals surface area contributed by atoms with Gasteiger partial charge in [0.25, 0.3) is 0 Å². The van der Waals surface area contributed by atoms with Crippen LogP contribution in [0.25, 0.3) is 0 Å². The molecule has 0 spiro atoms. The zero-order valence-electron chi connectivity index (χ0n) is 12.2. The lowest BCUT2D eigenvalue weighted by Gasteiger charge is -2.12. The van der Waals surface area contributed by atoms with E-state index in [-0.39, 0.29) is 0 Å². The summed E-state index contributed by atoms with van der Waals surface area (Å²) in [4.78, 5) is 14.4. The number of Topliss-reactive ketones (excluding diaryl/α,β-unsaturated/α-hetero) is 1. The first kappa shape index (κ1) is 15.4. The Morgan fingerprint density at radius 3 is 2.56 bits per heavy atom. The van der Waals surface area contributed by atoms with E-state index in [1.807, 2.05) is 18.3 Å². The van der Waals surface area contributed by atoms with Gasteiger partial charge in [0, 0.05) is 22.6 Å². The molecule has 0 fully saturated rings. The molecule has 2 heteroatoms. The molecule has 102 valence electrons. The summed E-state index contributed by atoms with van der Waals surface area (Å²) >= 11 is 1.94. The van der Waals surface area contributed by atoms with Crippen LogP contribution in [0.5, 0.6) is 0 Å². The minimum atomic E-state index is 0.396. The number of carbonyl (C=O) groups is 1. The largest absolute Gasteiger partial charge is 0.300 e. The van der Waals surface area contributed by atoms with Gasteiger partial charge >= 0.3 is 0 Å². The van der Waals surface area contributed by atoms with Gasteiger partial charge in [-0.15, -0.1) is 11.3 Å². The molecule has 1 rings (SSSR count). The Morgan fingerprint density at radius 1 is 1.28 bits per heavy atom. The molecular formula is C16H26OS. The van der Waals surface area contributed by atoms with Crippen LogP contribution in [0.15, 0.2) is 12.1 Å². The predicted molar refractivity (Wildman–Crippen MR) is 80.4 cm³/mol. The number of rotatable bonds is 8. The number of ketones is 1. The van der Waals surface area contributed by atoms with Gasteiger partial charge in [0.2, 0.25) is 0 Å². The van der Waals surface area contributed by atoms with E-state index in [0.717, 1.165) is 25.2 Å². The minimum Gasteiger partial charge on any atom is -0.300 e. The average Bonchev–Trinajstić information content (AvgIpc) is 2.77. The van der Waals surface area contributed by atoms with E-state index in [1.165, 1.54) is 16.2 Å². The molecule has 0 bridgehead atoms. The molecule has 0 N–H and O–H groups in total. The summed E-state index contributed by atoms with van der Waals surface area (Å²) in [5, 5.41) is 0. The van der Waals surface area contributed by atoms with Gasteiger partial charge in [-0.05, 0) is 43.2 Å². The van der Waals surface area contributed by atoms with E-state index >= 15 is 0 Å². The van der Waals surface area contributed by atoms with Gasteiger partial charge in [0.1, 0.15) is 5.78 Å². The molecule has 0 radical (unpaired) electrons. The molecule has 0 aliphatic rings. The molecule has 0 aliphatic heterocycles. The second-order valence-electron chi connectivity index (χ2n) is 5.44. The van der Waals surface area contributed by atoms with Gasteiger partial charge in [-0.3, -0.25) is 4.79 Å². The molecule has 1 nitrogen and oxygen atoms in total. The molecule has 18 heavy (non-hydrogen) atoms. The van der Waals surface area contributed by atoms with Gasteiger partial charge in [-0.25, -0.2) is 0 Å². The number of hydrogen-bond donors (Lipinski definition) is 0. The molecule has 1 unspecified atom stereocenters. The van der Waals surface area contributed by atoms with E-state index in [2.05, 4.69) is 32.9 Å². The van der Waals surface area contributed by atoms with Crippen molar-refractivity contribution in [1.29, 1.82) is 0 Å². The van der Waals surface area contributed by atoms with Gasteiger partial charge < -0.3 is 0 Å². The fourth-order valence-electron chi connectivity index (χ4n) is 2.19. The Labute approximate surface area is 116 Å². The Bertz CT molecular complexity index is 365. The van der Waals surface area contributed by atoms with Crippen LogP contribution in [0.2, 0.25) is 0 Å². The molecule has 0 saturated heterocycles. The van der Waals surface area contributed by atoms with Crippen molar-refractivity contribution in [2.45, 2.75) is 65.7 Å². The van der Waals surface area contributed by atoms with Crippen molar-refractivity contribution >= 4 is 17.1 Å². The quantitative estimate of drug-likeness (QED) is 0.632. The van der Waals surface area contributed by atoms with E-state index in [1.54, 1.807) is 0 Å². The SMILES string of the molecule is CCC(=O)CCC(CC)c1ccc(CC(C)C)s1. The highest BCUT2D eigenvalue weighted by Crippen LogP contribution is 2.32. The van der Waals surface area contributed by atoms with Crippen molar-refractivity contribution in [3.05, 3.63) is 21.9 Å². The zero-order chi connectivity index (χ0) is 13.5. The van der Waals surface area contributed by atoms with Crippen LogP contribution < -0.4 is 0 Å². The molecule has 0 amide bonds. The Balaban J connectivity index is 2.58. The Morgan fingerprint density at radius 2 is 2.00 bits per heavy atom. The van der Waals surface area contributed by atoms with Gasteiger partial charge in [-0.1, -0.05) is 27.7 Å². The summed E-state index contributed by atoms with van der Waals surface area (Å²) in [5.41, 5.74) is 0. The fraction of sp³-hybridized carbons (Fsp3) is 0.688. The second-order valence-corrected chi connectivity index (χ2v) is 6.64. The lowest BCUT2D eigenvalue weighted by Crippen LogP contribution is -2.01. The second kappa shape index (κ2) is 7.73. The minimum absolute atomic E-state index is 0.396. The van der Waals surface area contributed by atoms with Crippen LogP contribution >= 0.6 is 11.3 Å².